The maximum absolute atomic E-state index is 13.3. The van der Waals surface area contributed by atoms with Gasteiger partial charge in [0, 0.05) is 20.0 Å². The van der Waals surface area contributed by atoms with Crippen LogP contribution in [0.1, 0.15) is 86.5 Å². The van der Waals surface area contributed by atoms with Crippen molar-refractivity contribution in [3.63, 3.8) is 0 Å². The summed E-state index contributed by atoms with van der Waals surface area (Å²) < 4.78 is 0. The van der Waals surface area contributed by atoms with Crippen molar-refractivity contribution < 1.29 is 48.9 Å². The lowest BCUT2D eigenvalue weighted by molar-refractivity contribution is -0.144. The van der Waals surface area contributed by atoms with Crippen molar-refractivity contribution in [2.75, 3.05) is 19.7 Å². The first-order valence-electron chi connectivity index (χ1n) is 17.0. The standard InChI is InChI=1S/C32H57N7O10/c1-7-17(3)24(29(45)37-25(32(48)49)18(4)8-2)36-27(43)22(16-40)35-30(46)26(19(5)41)38-28(44)23-13-11-15-39(23)31(47)21(33)12-9-10-14-34-20(6)42/h17-19,21-26,40-41H,7-16,33H2,1-6H3,(H,34,42)(H,35,46)(H,36,43)(H,37,45)(H,38,44)(H,48,49)/t17-,18-,19+,21-,22-,23-,24-,25-,26-/m0/s1. The molecule has 0 radical (unpaired) electrons. The molecule has 0 unspecified atom stereocenters. The van der Waals surface area contributed by atoms with Crippen LogP contribution in [-0.2, 0) is 33.6 Å². The zero-order valence-corrected chi connectivity index (χ0v) is 29.5. The minimum atomic E-state index is -1.59. The van der Waals surface area contributed by atoms with Crippen LogP contribution >= 0.6 is 0 Å². The number of likely N-dealkylation sites (tertiary alicyclic amines) is 1. The molecule has 280 valence electrons. The number of carboxylic acid groups (broad SMARTS) is 1. The fourth-order valence-corrected chi connectivity index (χ4v) is 5.39. The molecule has 0 aliphatic carbocycles. The number of aliphatic carboxylic acids is 1. The molecule has 17 nitrogen and oxygen atoms in total. The van der Waals surface area contributed by atoms with E-state index in [9.17, 15) is 48.9 Å². The number of aliphatic hydroxyl groups is 2. The topological polar surface area (TPSA) is 270 Å². The monoisotopic (exact) mass is 699 g/mol. The van der Waals surface area contributed by atoms with E-state index in [1.54, 1.807) is 27.7 Å². The summed E-state index contributed by atoms with van der Waals surface area (Å²) >= 11 is 0. The quantitative estimate of drug-likeness (QED) is 0.0597. The Morgan fingerprint density at radius 2 is 1.41 bits per heavy atom. The van der Waals surface area contributed by atoms with Crippen LogP contribution in [0, 0.1) is 11.8 Å². The Morgan fingerprint density at radius 3 is 1.94 bits per heavy atom. The van der Waals surface area contributed by atoms with Crippen LogP contribution in [0.15, 0.2) is 0 Å². The number of carboxylic acids is 1. The lowest BCUT2D eigenvalue weighted by atomic mass is 9.95. The second kappa shape index (κ2) is 21.3. The van der Waals surface area contributed by atoms with Gasteiger partial charge in [-0.25, -0.2) is 4.79 Å². The molecule has 1 rings (SSSR count). The number of nitrogens with two attached hydrogens (primary N) is 1. The van der Waals surface area contributed by atoms with Gasteiger partial charge < -0.3 is 52.5 Å². The van der Waals surface area contributed by atoms with Crippen molar-refractivity contribution in [3.05, 3.63) is 0 Å². The van der Waals surface area contributed by atoms with Gasteiger partial charge >= 0.3 is 5.97 Å². The summed E-state index contributed by atoms with van der Waals surface area (Å²) in [4.78, 5) is 90.1. The molecular weight excluding hydrogens is 642 g/mol. The number of carbonyl (C=O) groups is 7. The van der Waals surface area contributed by atoms with E-state index < -0.39 is 96.3 Å². The number of carbonyl (C=O) groups excluding carboxylic acids is 6. The van der Waals surface area contributed by atoms with Crippen molar-refractivity contribution >= 4 is 41.4 Å². The number of nitrogens with zero attached hydrogens (tertiary/aromatic N) is 1. The van der Waals surface area contributed by atoms with Crippen LogP contribution in [0.4, 0.5) is 0 Å². The van der Waals surface area contributed by atoms with E-state index in [-0.39, 0.29) is 12.5 Å². The SMILES string of the molecule is CC[C@H](C)[C@H](NC(=O)[C@@H](NC(=O)[C@H](CO)NC(=O)[C@@H](NC(=O)[C@@H]1CCCN1C(=O)[C@@H](N)CCCCNC(C)=O)[C@@H](C)O)[C@@H](C)CC)C(=O)O. The molecule has 1 aliphatic heterocycles. The van der Waals surface area contributed by atoms with Crippen LogP contribution in [0.3, 0.4) is 0 Å². The Kier molecular flexibility index (Phi) is 18.8. The molecule has 10 N–H and O–H groups in total. The van der Waals surface area contributed by atoms with E-state index >= 15 is 0 Å². The summed E-state index contributed by atoms with van der Waals surface area (Å²) in [6, 6.07) is -7.40. The third kappa shape index (κ3) is 13.5. The minimum absolute atomic E-state index is 0.157. The van der Waals surface area contributed by atoms with Crippen LogP contribution < -0.4 is 32.3 Å². The normalized spacial score (nSPS) is 19.2. The van der Waals surface area contributed by atoms with Gasteiger partial charge in [0.15, 0.2) is 0 Å². The highest BCUT2D eigenvalue weighted by atomic mass is 16.4. The number of amides is 6. The second-order valence-electron chi connectivity index (χ2n) is 12.8. The van der Waals surface area contributed by atoms with Crippen molar-refractivity contribution in [1.82, 2.24) is 31.5 Å². The molecule has 1 fully saturated rings. The van der Waals surface area contributed by atoms with Gasteiger partial charge in [0.1, 0.15) is 30.2 Å². The van der Waals surface area contributed by atoms with Gasteiger partial charge in [0.05, 0.1) is 18.8 Å². The van der Waals surface area contributed by atoms with Crippen molar-refractivity contribution in [2.24, 2.45) is 17.6 Å². The molecule has 17 heteroatoms. The summed E-state index contributed by atoms with van der Waals surface area (Å²) in [7, 11) is 0. The molecule has 0 saturated carbocycles. The van der Waals surface area contributed by atoms with Gasteiger partial charge in [0.25, 0.3) is 0 Å². The molecule has 6 amide bonds. The summed E-state index contributed by atoms with van der Waals surface area (Å²) in [6.45, 7) is 9.36. The number of hydrogen-bond acceptors (Lipinski definition) is 10. The number of aliphatic hydroxyl groups excluding tert-OH is 2. The average molecular weight is 700 g/mol. The van der Waals surface area contributed by atoms with Gasteiger partial charge in [-0.05, 0) is 50.9 Å². The van der Waals surface area contributed by atoms with Crippen molar-refractivity contribution in [2.45, 2.75) is 129 Å². The van der Waals surface area contributed by atoms with E-state index in [0.29, 0.717) is 51.5 Å². The molecule has 9 atom stereocenters. The number of nitrogens with one attached hydrogen (secondary N) is 5. The predicted octanol–water partition coefficient (Wildman–Crippen LogP) is -1.90. The zero-order valence-electron chi connectivity index (χ0n) is 29.5. The highest BCUT2D eigenvalue weighted by molar-refractivity contribution is 5.96. The molecule has 0 bridgehead atoms. The Morgan fingerprint density at radius 1 is 0.837 bits per heavy atom. The van der Waals surface area contributed by atoms with Crippen LogP contribution in [0.2, 0.25) is 0 Å². The molecule has 0 spiro atoms. The van der Waals surface area contributed by atoms with Gasteiger partial charge in [-0.2, -0.15) is 0 Å². The summed E-state index contributed by atoms with van der Waals surface area (Å²) in [5, 5.41) is 42.3. The summed E-state index contributed by atoms with van der Waals surface area (Å²) in [5.41, 5.74) is 6.11. The maximum atomic E-state index is 13.3. The highest BCUT2D eigenvalue weighted by Crippen LogP contribution is 2.20. The molecular formula is C32H57N7O10. The highest BCUT2D eigenvalue weighted by Gasteiger charge is 2.39. The largest absolute Gasteiger partial charge is 0.480 e. The molecule has 1 saturated heterocycles. The summed E-state index contributed by atoms with van der Waals surface area (Å²) in [6.07, 6.45) is 1.79. The maximum Gasteiger partial charge on any atom is 0.326 e. The zero-order chi connectivity index (χ0) is 37.4. The van der Waals surface area contributed by atoms with Crippen molar-refractivity contribution in [1.29, 1.82) is 0 Å². The Bertz CT molecular complexity index is 1150. The number of rotatable bonds is 21. The Labute approximate surface area is 287 Å². The van der Waals surface area contributed by atoms with E-state index in [1.165, 1.54) is 18.7 Å². The van der Waals surface area contributed by atoms with Gasteiger partial charge in [0.2, 0.25) is 35.4 Å². The molecule has 0 aromatic heterocycles. The van der Waals surface area contributed by atoms with Crippen LogP contribution in [0.5, 0.6) is 0 Å². The molecule has 0 aromatic rings. The molecule has 49 heavy (non-hydrogen) atoms. The number of hydrogen-bond donors (Lipinski definition) is 9. The van der Waals surface area contributed by atoms with Crippen LogP contribution in [-0.4, -0.2) is 124 Å². The van der Waals surface area contributed by atoms with E-state index in [2.05, 4.69) is 26.6 Å². The fraction of sp³-hybridized carbons (Fsp3) is 0.781. The predicted molar refractivity (Wildman–Crippen MR) is 178 cm³/mol. The van der Waals surface area contributed by atoms with Crippen LogP contribution in [0.25, 0.3) is 0 Å². The first-order valence-corrected chi connectivity index (χ1v) is 17.0. The lowest BCUT2D eigenvalue weighted by Gasteiger charge is -2.30. The first-order chi connectivity index (χ1) is 23.0. The van der Waals surface area contributed by atoms with E-state index in [0.717, 1.165) is 0 Å². The molecule has 1 aliphatic rings. The second-order valence-corrected chi connectivity index (χ2v) is 12.8. The van der Waals surface area contributed by atoms with E-state index in [4.69, 9.17) is 5.73 Å². The lowest BCUT2D eigenvalue weighted by Crippen LogP contribution is -2.62. The van der Waals surface area contributed by atoms with E-state index in [1.807, 2.05) is 0 Å². The Hall–Kier alpha value is -3.83. The third-order valence-corrected chi connectivity index (χ3v) is 8.92. The van der Waals surface area contributed by atoms with Crippen molar-refractivity contribution in [3.8, 4) is 0 Å². The smallest absolute Gasteiger partial charge is 0.326 e. The number of unbranched alkanes of at least 4 members (excludes halogenated alkanes) is 1. The fourth-order valence-electron chi connectivity index (χ4n) is 5.39. The third-order valence-electron chi connectivity index (χ3n) is 8.92. The first kappa shape index (κ1) is 43.2. The van der Waals surface area contributed by atoms with Gasteiger partial charge in [-0.1, -0.05) is 40.5 Å². The average Bonchev–Trinajstić information content (AvgIpc) is 3.55. The summed E-state index contributed by atoms with van der Waals surface area (Å²) in [5.74, 6) is -6.08. The molecule has 1 heterocycles. The molecule has 0 aromatic carbocycles. The van der Waals surface area contributed by atoms with Gasteiger partial charge in [-0.3, -0.25) is 28.8 Å². The minimum Gasteiger partial charge on any atom is -0.480 e. The Balaban J connectivity index is 2.96. The van der Waals surface area contributed by atoms with Gasteiger partial charge in [-0.15, -0.1) is 0 Å².